The summed E-state index contributed by atoms with van der Waals surface area (Å²) in [6, 6.07) is 0. The van der Waals surface area contributed by atoms with Crippen LogP contribution in [0.2, 0.25) is 0 Å². The molecule has 0 aliphatic rings. The zero-order valence-corrected chi connectivity index (χ0v) is 11.1. The van der Waals surface area contributed by atoms with Crippen LogP contribution >= 0.6 is 9.58 Å². The van der Waals surface area contributed by atoms with Crippen molar-refractivity contribution in [2.24, 2.45) is 0 Å². The molecule has 0 amide bonds. The van der Waals surface area contributed by atoms with Crippen molar-refractivity contribution in [1.82, 2.24) is 0 Å². The van der Waals surface area contributed by atoms with E-state index < -0.39 is 23.2 Å². The van der Waals surface area contributed by atoms with Gasteiger partial charge in [-0.2, -0.15) is 0 Å². The van der Waals surface area contributed by atoms with Gasteiger partial charge in [-0.25, -0.2) is 0 Å². The van der Waals surface area contributed by atoms with Crippen molar-refractivity contribution >= 4 is 9.58 Å². The van der Waals surface area contributed by atoms with Crippen molar-refractivity contribution < 1.29 is 79.5 Å². The van der Waals surface area contributed by atoms with Gasteiger partial charge in [0.15, 0.2) is 0 Å². The van der Waals surface area contributed by atoms with Crippen molar-refractivity contribution in [1.29, 1.82) is 0 Å². The molecule has 0 aliphatic carbocycles. The van der Waals surface area contributed by atoms with Gasteiger partial charge < -0.3 is 0 Å². The Bertz CT molecular complexity index is 34.5. The summed E-state index contributed by atoms with van der Waals surface area (Å²) in [5, 5.41) is 0. The Morgan fingerprint density at radius 3 is 1.33 bits per heavy atom. The summed E-state index contributed by atoms with van der Waals surface area (Å²) in [6.07, 6.45) is 0. The Morgan fingerprint density at radius 2 is 1.33 bits per heavy atom. The van der Waals surface area contributed by atoms with E-state index in [0.717, 1.165) is 0 Å². The summed E-state index contributed by atoms with van der Waals surface area (Å²) >= 11 is -0.798. The minimum atomic E-state index is -2.27. The van der Waals surface area contributed by atoms with Crippen LogP contribution in [-0.2, 0) is 79.5 Å². The molecule has 0 saturated heterocycles. The minimum absolute atomic E-state index is 0. The molecule has 0 heterocycles. The van der Waals surface area contributed by atoms with Crippen LogP contribution in [-0.4, -0.2) is 0 Å². The zero-order chi connectivity index (χ0) is 4.71. The third-order valence-corrected chi connectivity index (χ3v) is 0. The Morgan fingerprint density at radius 1 is 1.33 bits per heavy atom. The summed E-state index contributed by atoms with van der Waals surface area (Å²) in [6.45, 7) is 0. The third kappa shape index (κ3) is 31.2. The number of hydrogen-bond acceptors (Lipinski definition) is 2. The van der Waals surface area contributed by atoms with E-state index in [-0.39, 0.29) is 32.7 Å². The summed E-state index contributed by atoms with van der Waals surface area (Å²) in [5.74, 6) is 0. The Hall–Kier alpha value is 2.53. The molecule has 0 aromatic carbocycles. The zero-order valence-electron chi connectivity index (χ0n) is 2.61. The van der Waals surface area contributed by atoms with E-state index in [2.05, 4.69) is 9.58 Å². The van der Waals surface area contributed by atoms with Gasteiger partial charge >= 0.3 is 56.3 Å². The fraction of sp³-hybridized carbons (Fsp3) is 0. The van der Waals surface area contributed by atoms with Gasteiger partial charge in [-0.15, -0.1) is 0 Å². The smallest absolute Gasteiger partial charge is 0 e. The van der Waals surface area contributed by atoms with E-state index in [1.165, 1.54) is 17.9 Å². The number of rotatable bonds is 0. The van der Waals surface area contributed by atoms with Crippen molar-refractivity contribution in [3.63, 3.8) is 0 Å². The quantitative estimate of drug-likeness (QED) is 0.549. The second-order valence-electron chi connectivity index (χ2n) is 0.0833. The van der Waals surface area contributed by atoms with Crippen LogP contribution in [0, 0.1) is 0 Å². The predicted molar refractivity (Wildman–Crippen MR) is 7.23 cm³/mol. The molecule has 0 rings (SSSR count). The van der Waals surface area contributed by atoms with Gasteiger partial charge in [-0.1, -0.05) is 0 Å². The normalized spacial score (nSPS) is 2.50. The Balaban J connectivity index is -0.0000000275. The minimum Gasteiger partial charge on any atom is 0 e. The monoisotopic (exact) mass is 439 g/mol. The molecule has 0 aliphatic heterocycles. The van der Waals surface area contributed by atoms with Crippen LogP contribution in [0.25, 0.3) is 0 Å². The molecular formula is ClIrO2YZr. The molecule has 35 valence electrons. The predicted octanol–water partition coefficient (Wildman–Crippen LogP) is 0.444. The van der Waals surface area contributed by atoms with Gasteiger partial charge in [0.05, 0.1) is 0 Å². The first-order chi connectivity index (χ1) is 2.41. The fourth-order valence-electron chi connectivity index (χ4n) is 0. The second kappa shape index (κ2) is 25.8. The average Bonchev–Trinajstić information content (AvgIpc) is 1.46. The van der Waals surface area contributed by atoms with Crippen LogP contribution in [0.1, 0.15) is 0 Å². The first-order valence-corrected chi connectivity index (χ1v) is 5.51. The van der Waals surface area contributed by atoms with Crippen molar-refractivity contribution in [3.05, 3.63) is 0 Å². The van der Waals surface area contributed by atoms with E-state index in [0.29, 0.717) is 0 Å². The summed E-state index contributed by atoms with van der Waals surface area (Å²) in [5.41, 5.74) is 0. The topological polar surface area (TPSA) is 34.1 Å². The fourth-order valence-corrected chi connectivity index (χ4v) is 0. The number of halogens is 1. The van der Waals surface area contributed by atoms with Crippen LogP contribution in [0.15, 0.2) is 0 Å². The van der Waals surface area contributed by atoms with Crippen molar-refractivity contribution in [2.45, 2.75) is 0 Å². The molecule has 0 saturated carbocycles. The van der Waals surface area contributed by atoms with Crippen LogP contribution in [0.4, 0.5) is 0 Å². The second-order valence-corrected chi connectivity index (χ2v) is 0.493. The molecule has 0 fully saturated rings. The summed E-state index contributed by atoms with van der Waals surface area (Å²) in [4.78, 5) is 0. The molecule has 6 heteroatoms. The summed E-state index contributed by atoms with van der Waals surface area (Å²) < 4.78 is 17.1. The Labute approximate surface area is 87.3 Å². The molecule has 2 nitrogen and oxygen atoms in total. The molecule has 0 atom stereocenters. The molecule has 1 radical (unpaired) electrons. The van der Waals surface area contributed by atoms with E-state index in [9.17, 15) is 0 Å². The maximum atomic E-state index is 8.54. The van der Waals surface area contributed by atoms with Gasteiger partial charge in [0.2, 0.25) is 0 Å². The molecular weight excluding hydrogens is 440 g/mol. The van der Waals surface area contributed by atoms with E-state index in [1.807, 2.05) is 0 Å². The Kier molecular flexibility index (Phi) is 67.9. The van der Waals surface area contributed by atoms with Crippen LogP contribution in [0.5, 0.6) is 0 Å². The average molecular weight is 440 g/mol. The molecule has 0 N–H and O–H groups in total. The molecule has 6 heavy (non-hydrogen) atoms. The first kappa shape index (κ1) is 15.8. The largest absolute Gasteiger partial charge is 0 e. The molecule has 0 unspecified atom stereocenters. The summed E-state index contributed by atoms with van der Waals surface area (Å²) in [7, 11) is 4.64. The van der Waals surface area contributed by atoms with Crippen molar-refractivity contribution in [3.8, 4) is 0 Å². The maximum absolute atomic E-state index is 8.54. The molecule has 0 bridgehead atoms. The van der Waals surface area contributed by atoms with Gasteiger partial charge in [0.25, 0.3) is 0 Å². The number of hydrogen-bond donors (Lipinski definition) is 0. The van der Waals surface area contributed by atoms with E-state index in [1.54, 1.807) is 0 Å². The molecule has 0 aromatic rings. The van der Waals surface area contributed by atoms with E-state index in [4.69, 9.17) is 5.63 Å². The standard InChI is InChI=1S/ClH.Ir.2O.Y.Zr/h1H;;;;;/q;+1;;;;/p-1. The van der Waals surface area contributed by atoms with Crippen LogP contribution < -0.4 is 0 Å². The van der Waals surface area contributed by atoms with Gasteiger partial charge in [0, 0.05) is 32.7 Å². The molecule has 0 spiro atoms. The van der Waals surface area contributed by atoms with Gasteiger partial charge in [-0.3, -0.25) is 0 Å². The SMILES string of the molecule is [Cl][Ir].[O]=[Zr]=[O].[Y]. The van der Waals surface area contributed by atoms with E-state index >= 15 is 0 Å². The van der Waals surface area contributed by atoms with Crippen LogP contribution in [0.3, 0.4) is 0 Å². The van der Waals surface area contributed by atoms with Gasteiger partial charge in [-0.05, 0) is 0 Å². The maximum Gasteiger partial charge on any atom is 0 e. The molecule has 0 aromatic heterocycles. The van der Waals surface area contributed by atoms with Gasteiger partial charge in [0.1, 0.15) is 0 Å². The first-order valence-electron chi connectivity index (χ1n) is 0.534. The van der Waals surface area contributed by atoms with Crippen molar-refractivity contribution in [2.75, 3.05) is 0 Å². The third-order valence-electron chi connectivity index (χ3n) is 0.